The molecular weight excluding hydrogens is 1480 g/mol. The number of nitrogens with one attached hydrogen (secondary N) is 1. The first-order valence-electron chi connectivity index (χ1n) is 29.5. The minimum Gasteiger partial charge on any atom is -1.00 e. The van der Waals surface area contributed by atoms with Gasteiger partial charge in [-0.3, -0.25) is 23.8 Å². The van der Waals surface area contributed by atoms with Gasteiger partial charge in [-0.1, -0.05) is 6.92 Å². The second-order valence-corrected chi connectivity index (χ2v) is 60.6. The zero-order valence-corrected chi connectivity index (χ0v) is 77.8. The molecule has 0 heterocycles. The maximum atomic E-state index is 10.2. The smallest absolute Gasteiger partial charge is 0.501 e. The Balaban J connectivity index is -0.000000814. The molecule has 0 bridgehead atoms. The summed E-state index contributed by atoms with van der Waals surface area (Å²) in [5, 5.41) is 14.1. The van der Waals surface area contributed by atoms with Crippen LogP contribution in [0.1, 0.15) is 13.3 Å². The van der Waals surface area contributed by atoms with Gasteiger partial charge in [-0.25, -0.2) is 79.4 Å². The van der Waals surface area contributed by atoms with Crippen molar-refractivity contribution in [3.8, 4) is 0 Å². The quantitative estimate of drug-likeness (QED) is 0.0674. The van der Waals surface area contributed by atoms with Gasteiger partial charge in [0.15, 0.2) is 0 Å². The Hall–Kier alpha value is 2.80. The van der Waals surface area contributed by atoms with Crippen LogP contribution < -0.4 is 41.5 Å². The van der Waals surface area contributed by atoms with Gasteiger partial charge in [-0.05, 0) is 331 Å². The molecule has 0 aliphatic carbocycles. The molecule has 0 aromatic rings. The van der Waals surface area contributed by atoms with Gasteiger partial charge in [-0.15, -0.1) is 0 Å². The van der Waals surface area contributed by atoms with Crippen molar-refractivity contribution in [1.29, 1.82) is 0 Å². The minimum atomic E-state index is -3.44. The van der Waals surface area contributed by atoms with Crippen LogP contribution in [0.3, 0.4) is 0 Å². The highest BCUT2D eigenvalue weighted by Gasteiger charge is 2.58. The normalized spacial score (nSPS) is 14.4. The van der Waals surface area contributed by atoms with Gasteiger partial charge in [0.2, 0.25) is 45.0 Å². The largest absolute Gasteiger partial charge is 1.00 e. The number of hydrogen-bond acceptors (Lipinski definition) is 9. The highest BCUT2D eigenvalue weighted by Crippen LogP contribution is 2.88. The summed E-state index contributed by atoms with van der Waals surface area (Å²) in [5.74, 6) is 0. The predicted molar refractivity (Wildman–Crippen MR) is 412 cm³/mol. The Bertz CT molecular complexity index is 2410. The second kappa shape index (κ2) is 40.6. The fraction of sp³-hybridized carbons (Fsp3) is 1.00. The maximum absolute atomic E-state index is 10.2. The Morgan fingerprint density at radius 1 is 0.286 bits per heavy atom. The summed E-state index contributed by atoms with van der Waals surface area (Å²) in [6.07, 6.45) is 0.976. The first kappa shape index (κ1) is 100. The summed E-state index contributed by atoms with van der Waals surface area (Å²) in [5.41, 5.74) is 0. The Labute approximate surface area is 587 Å². The van der Waals surface area contributed by atoms with E-state index in [1.54, 1.807) is 0 Å². The van der Waals surface area contributed by atoms with Gasteiger partial charge in [0, 0.05) is 26.4 Å². The molecule has 43 heteroatoms. The molecule has 0 fully saturated rings. The molecule has 554 valence electrons. The standard InChI is InChI=1S/C24H71N15OP5.C24H71N15P5.ClH.HI/c1-29(2)41(22,30(3)4)25-42(26-43(31(5)6,32(7)8)33(9)10,27-44(34(11)12,35(13)14)36(15)16)28-45(37(17)18,38(19)20)39(21)23-24-40;1-23-24-25-42(32(6)7,33(8)9)27-41(26-40(22,30(2)3)31(4)5,28-43(34(10)11,35(12)13)36(14)15)29-44(37(16)17,38(18)19)39(20)21;;/h40H,23-24H2,1-22H3;25H,23-24H2,1-22H3;2*1H/q2*+1;;/p-2. The van der Waals surface area contributed by atoms with E-state index in [2.05, 4.69) is 405 Å². The molecule has 0 radical (unpaired) electrons. The third-order valence-electron chi connectivity index (χ3n) is 15.1. The van der Waals surface area contributed by atoms with Crippen molar-refractivity contribution in [2.75, 3.05) is 322 Å². The number of likely N-dealkylation sites (N-methyl/N-ethyl adjacent to an activating group) is 1. The molecule has 0 saturated heterocycles. The average molecular weight is 1630 g/mol. The van der Waals surface area contributed by atoms with Gasteiger partial charge in [-0.2, -0.15) is 0 Å². The third kappa shape index (κ3) is 22.4. The fourth-order valence-corrected chi connectivity index (χ4v) is 55.2. The van der Waals surface area contributed by atoms with Crippen LogP contribution in [0.2, 0.25) is 0 Å². The van der Waals surface area contributed by atoms with Crippen molar-refractivity contribution in [2.45, 2.75) is 13.3 Å². The second-order valence-electron chi connectivity index (χ2n) is 25.7. The zero-order valence-electron chi connectivity index (χ0n) is 66.0. The van der Waals surface area contributed by atoms with E-state index in [4.69, 9.17) is 36.1 Å². The lowest BCUT2D eigenvalue weighted by molar-refractivity contribution is -0.00100. The molecule has 0 rings (SSSR count). The highest BCUT2D eigenvalue weighted by atomic mass is 127. The summed E-state index contributed by atoms with van der Waals surface area (Å²) in [7, 11) is 58.8. The van der Waals surface area contributed by atoms with E-state index >= 15 is 0 Å². The van der Waals surface area contributed by atoms with Crippen molar-refractivity contribution < 1.29 is 41.5 Å². The van der Waals surface area contributed by atoms with E-state index < -0.39 is 75.5 Å². The molecular formula is C48H142ClIN30OP10. The summed E-state index contributed by atoms with van der Waals surface area (Å²) in [4.78, 5) is 0. The molecule has 0 aromatic carbocycles. The topological polar surface area (TPSA) is 199 Å². The van der Waals surface area contributed by atoms with Crippen LogP contribution in [0.4, 0.5) is 0 Å². The lowest BCUT2D eigenvalue weighted by Crippen LogP contribution is -3.00. The summed E-state index contributed by atoms with van der Waals surface area (Å²) >= 11 is 0. The molecule has 2 N–H and O–H groups in total. The van der Waals surface area contributed by atoms with Crippen molar-refractivity contribution in [3.05, 3.63) is 0 Å². The molecule has 0 spiro atoms. The molecule has 91 heavy (non-hydrogen) atoms. The predicted octanol–water partition coefficient (Wildman–Crippen LogP) is 4.49. The maximum Gasteiger partial charge on any atom is 0.501 e. The first-order valence-corrected chi connectivity index (χ1v) is 46.6. The number of aliphatic hydroxyl groups is 1. The van der Waals surface area contributed by atoms with E-state index in [9.17, 15) is 5.11 Å². The van der Waals surface area contributed by atoms with E-state index in [1.807, 2.05) is 7.05 Å². The van der Waals surface area contributed by atoms with Gasteiger partial charge in [0.1, 0.15) is 14.7 Å². The van der Waals surface area contributed by atoms with Crippen molar-refractivity contribution in [2.24, 2.45) is 36.1 Å². The number of hydrogen-bond donors (Lipinski definition) is 2. The Morgan fingerprint density at radius 2 is 0.473 bits per heavy atom. The number of rotatable bonds is 34. The van der Waals surface area contributed by atoms with Crippen LogP contribution >= 0.6 is 75.5 Å². The van der Waals surface area contributed by atoms with Gasteiger partial charge in [0.05, 0.1) is 6.61 Å². The monoisotopic (exact) mass is 1630 g/mol. The molecule has 0 aliphatic rings. The number of nitrogens with zero attached hydrogens (tertiary/aromatic N) is 29. The molecule has 0 amide bonds. The number of aliphatic hydroxyl groups excluding tert-OH is 1. The zero-order chi connectivity index (χ0) is 71.3. The van der Waals surface area contributed by atoms with Crippen molar-refractivity contribution in [3.63, 3.8) is 0 Å². The first-order chi connectivity index (χ1) is 40.1. The minimum absolute atomic E-state index is 0. The SMILES string of the molecule is CCCNP(=N[P+](N=P(C)(N(C)C)N(C)C)(N=P(N(C)C)(N(C)C)N(C)C)N=P(N(C)C)(N(C)C)N(C)C)(N(C)C)N(C)C.CN(C)P(C)(=N[P+](N=P(N(C)C)(N(C)C)N(C)C)(N=P(N(C)C)(N(C)C)N(C)C)N=P(N(C)C)(N(C)C)N(C)CCO)N(C)C.[Cl-].[I-]. The molecule has 0 aromatic heterocycles. The third-order valence-corrected chi connectivity index (χ3v) is 56.4. The summed E-state index contributed by atoms with van der Waals surface area (Å²) in [6.45, 7) is 7.90. The van der Waals surface area contributed by atoms with Gasteiger partial charge < -0.3 is 41.5 Å². The van der Waals surface area contributed by atoms with Crippen molar-refractivity contribution >= 4 is 75.5 Å². The summed E-state index contributed by atoms with van der Waals surface area (Å²) < 4.78 is 94.8. The van der Waals surface area contributed by atoms with Crippen molar-refractivity contribution in [1.82, 2.24) is 103 Å². The van der Waals surface area contributed by atoms with Crippen LogP contribution in [0, 0.1) is 0 Å². The highest BCUT2D eigenvalue weighted by molar-refractivity contribution is 7.89. The van der Waals surface area contributed by atoms with E-state index in [-0.39, 0.29) is 43.0 Å². The summed E-state index contributed by atoms with van der Waals surface area (Å²) in [6, 6.07) is 0. The van der Waals surface area contributed by atoms with Gasteiger partial charge >= 0.3 is 15.7 Å². The van der Waals surface area contributed by atoms with E-state index in [0.29, 0.717) is 6.54 Å². The van der Waals surface area contributed by atoms with Crippen LogP contribution in [0.25, 0.3) is 0 Å². The molecule has 0 aliphatic heterocycles. The fourth-order valence-electron chi connectivity index (χ4n) is 10.5. The lowest BCUT2D eigenvalue weighted by atomic mass is 10.5. The van der Waals surface area contributed by atoms with Crippen LogP contribution in [-0.4, -0.2) is 425 Å². The average Bonchev–Trinajstić information content (AvgIpc) is 3.36. The Morgan fingerprint density at radius 3 is 0.626 bits per heavy atom. The number of halogens is 2. The van der Waals surface area contributed by atoms with Gasteiger partial charge in [0.25, 0.3) is 0 Å². The van der Waals surface area contributed by atoms with Crippen LogP contribution in [0.5, 0.6) is 0 Å². The van der Waals surface area contributed by atoms with E-state index in [1.165, 1.54) is 0 Å². The molecule has 31 nitrogen and oxygen atoms in total. The Kier molecular flexibility index (Phi) is 44.7. The van der Waals surface area contributed by atoms with Crippen LogP contribution in [-0.2, 0) is 0 Å². The van der Waals surface area contributed by atoms with Crippen LogP contribution in [0.15, 0.2) is 36.1 Å². The van der Waals surface area contributed by atoms with E-state index in [0.717, 1.165) is 13.0 Å². The lowest BCUT2D eigenvalue weighted by Gasteiger charge is -2.44. The molecule has 0 atom stereocenters. The molecule has 0 unspecified atom stereocenters. The molecule has 0 saturated carbocycles.